The van der Waals surface area contributed by atoms with E-state index in [1.807, 2.05) is 31.2 Å². The lowest BCUT2D eigenvalue weighted by atomic mass is 10.0. The molecule has 1 aliphatic rings. The summed E-state index contributed by atoms with van der Waals surface area (Å²) < 4.78 is 5.72. The van der Waals surface area contributed by atoms with Crippen LogP contribution >= 0.6 is 0 Å². The van der Waals surface area contributed by atoms with E-state index in [0.717, 1.165) is 29.9 Å². The number of benzene rings is 1. The Labute approximate surface area is 131 Å². The molecule has 1 N–H and O–H groups in total. The summed E-state index contributed by atoms with van der Waals surface area (Å²) in [7, 11) is 2.07. The molecular weight excluding hydrogens is 276 g/mol. The Morgan fingerprint density at radius 1 is 1.23 bits per heavy atom. The van der Waals surface area contributed by atoms with Crippen molar-refractivity contribution in [3.63, 3.8) is 0 Å². The molecule has 3 rings (SSSR count). The average molecular weight is 300 g/mol. The van der Waals surface area contributed by atoms with Crippen LogP contribution in [0.15, 0.2) is 24.3 Å². The van der Waals surface area contributed by atoms with Crippen LogP contribution in [0.3, 0.4) is 0 Å². The van der Waals surface area contributed by atoms with Crippen LogP contribution in [0.2, 0.25) is 0 Å². The van der Waals surface area contributed by atoms with Crippen molar-refractivity contribution in [1.29, 1.82) is 0 Å². The molecule has 0 amide bonds. The highest BCUT2D eigenvalue weighted by molar-refractivity contribution is 5.77. The van der Waals surface area contributed by atoms with E-state index >= 15 is 0 Å². The monoisotopic (exact) mass is 300 g/mol. The van der Waals surface area contributed by atoms with Gasteiger partial charge in [0.25, 0.3) is 5.88 Å². The maximum atomic E-state index is 5.72. The topological polar surface area (TPSA) is 50.3 Å². The summed E-state index contributed by atoms with van der Waals surface area (Å²) in [4.78, 5) is 11.6. The summed E-state index contributed by atoms with van der Waals surface area (Å²) in [6.07, 6.45) is 3.79. The van der Waals surface area contributed by atoms with E-state index in [0.29, 0.717) is 18.5 Å². The Kier molecular flexibility index (Phi) is 4.73. The molecule has 1 aromatic heterocycles. The lowest BCUT2D eigenvalue weighted by Gasteiger charge is -2.29. The molecule has 1 fully saturated rings. The molecule has 0 radical (unpaired) electrons. The van der Waals surface area contributed by atoms with Gasteiger partial charge >= 0.3 is 0 Å². The third-order valence-corrected chi connectivity index (χ3v) is 4.07. The van der Waals surface area contributed by atoms with Gasteiger partial charge in [-0.25, -0.2) is 9.97 Å². The molecule has 5 heteroatoms. The normalized spacial score (nSPS) is 18.4. The van der Waals surface area contributed by atoms with Crippen LogP contribution in [0, 0.1) is 0 Å². The molecule has 5 nitrogen and oxygen atoms in total. The van der Waals surface area contributed by atoms with E-state index in [4.69, 9.17) is 9.72 Å². The third-order valence-electron chi connectivity index (χ3n) is 4.07. The second-order valence-electron chi connectivity index (χ2n) is 5.80. The molecule has 0 unspecified atom stereocenters. The highest BCUT2D eigenvalue weighted by Crippen LogP contribution is 2.26. The summed E-state index contributed by atoms with van der Waals surface area (Å²) in [5.41, 5.74) is 1.78. The fourth-order valence-corrected chi connectivity index (χ4v) is 2.95. The SMILES string of the molecule is CCOc1nc2ccccc2nc1N(C)C[C@H]1CCCCN1. The fourth-order valence-electron chi connectivity index (χ4n) is 2.95. The Hall–Kier alpha value is -1.88. The number of aromatic nitrogens is 2. The zero-order valence-corrected chi connectivity index (χ0v) is 13.4. The molecule has 118 valence electrons. The molecule has 0 bridgehead atoms. The number of nitrogens with one attached hydrogen (secondary N) is 1. The van der Waals surface area contributed by atoms with Crippen LogP contribution in [0.25, 0.3) is 11.0 Å². The minimum absolute atomic E-state index is 0.515. The van der Waals surface area contributed by atoms with E-state index in [1.165, 1.54) is 19.3 Å². The zero-order valence-electron chi connectivity index (χ0n) is 13.4. The van der Waals surface area contributed by atoms with Crippen LogP contribution in [-0.2, 0) is 0 Å². The summed E-state index contributed by atoms with van der Waals surface area (Å²) in [5, 5.41) is 3.58. The number of rotatable bonds is 5. The first-order valence-electron chi connectivity index (χ1n) is 8.12. The van der Waals surface area contributed by atoms with Crippen LogP contribution in [0.1, 0.15) is 26.2 Å². The van der Waals surface area contributed by atoms with E-state index in [1.54, 1.807) is 0 Å². The summed E-state index contributed by atoms with van der Waals surface area (Å²) in [5.74, 6) is 1.45. The number of piperidine rings is 1. The third kappa shape index (κ3) is 3.30. The van der Waals surface area contributed by atoms with E-state index < -0.39 is 0 Å². The molecule has 1 aromatic carbocycles. The summed E-state index contributed by atoms with van der Waals surface area (Å²) >= 11 is 0. The second-order valence-corrected chi connectivity index (χ2v) is 5.80. The number of hydrogen-bond acceptors (Lipinski definition) is 5. The van der Waals surface area contributed by atoms with Crippen molar-refractivity contribution in [1.82, 2.24) is 15.3 Å². The van der Waals surface area contributed by atoms with Crippen LogP contribution in [-0.4, -0.2) is 42.8 Å². The van der Waals surface area contributed by atoms with Crippen LogP contribution in [0.5, 0.6) is 5.88 Å². The maximum absolute atomic E-state index is 5.72. The first kappa shape index (κ1) is 15.0. The van der Waals surface area contributed by atoms with E-state index in [9.17, 15) is 0 Å². The predicted molar refractivity (Wildman–Crippen MR) is 89.6 cm³/mol. The van der Waals surface area contributed by atoms with Crippen LogP contribution in [0.4, 0.5) is 5.82 Å². The molecule has 2 heterocycles. The number of likely N-dealkylation sites (N-methyl/N-ethyl adjacent to an activating group) is 1. The minimum atomic E-state index is 0.515. The van der Waals surface area contributed by atoms with Crippen molar-refractivity contribution in [3.05, 3.63) is 24.3 Å². The fraction of sp³-hybridized carbons (Fsp3) is 0.529. The largest absolute Gasteiger partial charge is 0.475 e. The Balaban J connectivity index is 1.87. The number of anilines is 1. The van der Waals surface area contributed by atoms with Crippen molar-refractivity contribution < 1.29 is 4.74 Å². The van der Waals surface area contributed by atoms with Gasteiger partial charge in [0, 0.05) is 19.6 Å². The van der Waals surface area contributed by atoms with Gasteiger partial charge in [-0.1, -0.05) is 18.6 Å². The Bertz CT molecular complexity index is 625. The van der Waals surface area contributed by atoms with Gasteiger partial charge < -0.3 is 15.0 Å². The van der Waals surface area contributed by atoms with E-state index in [-0.39, 0.29) is 0 Å². The van der Waals surface area contributed by atoms with Gasteiger partial charge in [0.05, 0.1) is 17.6 Å². The molecule has 1 saturated heterocycles. The molecular formula is C17H24N4O. The number of hydrogen-bond donors (Lipinski definition) is 1. The highest BCUT2D eigenvalue weighted by atomic mass is 16.5. The molecule has 2 aromatic rings. The van der Waals surface area contributed by atoms with Crippen molar-refractivity contribution in [2.24, 2.45) is 0 Å². The maximum Gasteiger partial charge on any atom is 0.258 e. The van der Waals surface area contributed by atoms with Gasteiger partial charge in [0.15, 0.2) is 5.82 Å². The standard InChI is InChI=1S/C17H24N4O/c1-3-22-17-16(19-14-9-4-5-10-15(14)20-17)21(2)12-13-8-6-7-11-18-13/h4-5,9-10,13,18H,3,6-8,11-12H2,1-2H3/t13-/m1/s1. The lowest BCUT2D eigenvalue weighted by Crippen LogP contribution is -2.42. The smallest absolute Gasteiger partial charge is 0.258 e. The zero-order chi connectivity index (χ0) is 15.4. The van der Waals surface area contributed by atoms with Gasteiger partial charge in [-0.3, -0.25) is 0 Å². The van der Waals surface area contributed by atoms with Crippen molar-refractivity contribution >= 4 is 16.9 Å². The lowest BCUT2D eigenvalue weighted by molar-refractivity contribution is 0.326. The molecule has 0 saturated carbocycles. The minimum Gasteiger partial charge on any atom is -0.475 e. The predicted octanol–water partition coefficient (Wildman–Crippen LogP) is 2.61. The number of para-hydroxylation sites is 2. The molecule has 1 aliphatic heterocycles. The quantitative estimate of drug-likeness (QED) is 0.920. The molecule has 0 aliphatic carbocycles. The molecule has 1 atom stereocenters. The van der Waals surface area contributed by atoms with Crippen LogP contribution < -0.4 is 15.0 Å². The summed E-state index contributed by atoms with van der Waals surface area (Å²) in [6.45, 7) is 4.60. The molecule has 0 spiro atoms. The highest BCUT2D eigenvalue weighted by Gasteiger charge is 2.19. The molecule has 22 heavy (non-hydrogen) atoms. The van der Waals surface area contributed by atoms with Gasteiger partial charge in [-0.2, -0.15) is 0 Å². The number of fused-ring (bicyclic) bond motifs is 1. The Morgan fingerprint density at radius 2 is 2.00 bits per heavy atom. The summed E-state index contributed by atoms with van der Waals surface area (Å²) in [6, 6.07) is 8.44. The number of nitrogens with zero attached hydrogens (tertiary/aromatic N) is 3. The van der Waals surface area contributed by atoms with Crippen molar-refractivity contribution in [2.45, 2.75) is 32.2 Å². The Morgan fingerprint density at radius 3 is 2.68 bits per heavy atom. The first-order valence-corrected chi connectivity index (χ1v) is 8.12. The van der Waals surface area contributed by atoms with Gasteiger partial charge in [-0.05, 0) is 38.4 Å². The van der Waals surface area contributed by atoms with Gasteiger partial charge in [0.2, 0.25) is 0 Å². The second kappa shape index (κ2) is 6.92. The first-order chi connectivity index (χ1) is 10.8. The van der Waals surface area contributed by atoms with Gasteiger partial charge in [-0.15, -0.1) is 0 Å². The average Bonchev–Trinajstić information content (AvgIpc) is 2.55. The van der Waals surface area contributed by atoms with Crippen molar-refractivity contribution in [2.75, 3.05) is 31.6 Å². The van der Waals surface area contributed by atoms with E-state index in [2.05, 4.69) is 22.2 Å². The van der Waals surface area contributed by atoms with Crippen molar-refractivity contribution in [3.8, 4) is 5.88 Å². The van der Waals surface area contributed by atoms with Gasteiger partial charge in [0.1, 0.15) is 0 Å². The number of ether oxygens (including phenoxy) is 1.